The molecule has 10 heteroatoms. The molecule has 1 amide bonds. The molecule has 2 heterocycles. The second-order valence-electron chi connectivity index (χ2n) is 8.66. The van der Waals surface area contributed by atoms with Gasteiger partial charge in [-0.25, -0.2) is 8.78 Å². The first kappa shape index (κ1) is 22.5. The second-order valence-corrected chi connectivity index (χ2v) is 8.66. The Labute approximate surface area is 191 Å². The van der Waals surface area contributed by atoms with Crippen LogP contribution in [0.1, 0.15) is 40.9 Å². The maximum atomic E-state index is 14.4. The van der Waals surface area contributed by atoms with Gasteiger partial charge in [-0.05, 0) is 29.3 Å². The van der Waals surface area contributed by atoms with Crippen LogP contribution < -0.4 is 0 Å². The summed E-state index contributed by atoms with van der Waals surface area (Å²) in [6.07, 6.45) is -5.20. The summed E-state index contributed by atoms with van der Waals surface area (Å²) in [5, 5.41) is 15.4. The number of rotatable bonds is 2. The third-order valence-corrected chi connectivity index (χ3v) is 6.57. The van der Waals surface area contributed by atoms with Crippen molar-refractivity contribution in [2.75, 3.05) is 6.54 Å². The average Bonchev–Trinajstić information content (AvgIpc) is 3.30. The van der Waals surface area contributed by atoms with Crippen LogP contribution >= 0.6 is 0 Å². The van der Waals surface area contributed by atoms with E-state index in [-0.39, 0.29) is 30.0 Å². The van der Waals surface area contributed by atoms with Gasteiger partial charge in [0.15, 0.2) is 0 Å². The third kappa shape index (κ3) is 3.66. The lowest BCUT2D eigenvalue weighted by molar-refractivity contribution is -0.137. The summed E-state index contributed by atoms with van der Waals surface area (Å²) in [4.78, 5) is 13.6. The summed E-state index contributed by atoms with van der Waals surface area (Å²) < 4.78 is 69.1. The minimum atomic E-state index is -4.49. The van der Waals surface area contributed by atoms with Crippen LogP contribution in [0.15, 0.2) is 36.4 Å². The second kappa shape index (κ2) is 7.90. The van der Waals surface area contributed by atoms with E-state index >= 15 is 0 Å². The maximum absolute atomic E-state index is 14.4. The first-order valence-electron chi connectivity index (χ1n) is 10.7. The van der Waals surface area contributed by atoms with Crippen LogP contribution in [-0.2, 0) is 30.4 Å². The van der Waals surface area contributed by atoms with Gasteiger partial charge in [0.2, 0.25) is 5.91 Å². The van der Waals surface area contributed by atoms with Gasteiger partial charge < -0.3 is 10.0 Å². The van der Waals surface area contributed by atoms with Gasteiger partial charge in [0.25, 0.3) is 0 Å². The van der Waals surface area contributed by atoms with Gasteiger partial charge in [0.1, 0.15) is 17.7 Å². The minimum Gasteiger partial charge on any atom is -0.390 e. The molecule has 0 fully saturated rings. The summed E-state index contributed by atoms with van der Waals surface area (Å²) >= 11 is 0. The molecule has 0 bridgehead atoms. The minimum absolute atomic E-state index is 0.0179. The summed E-state index contributed by atoms with van der Waals surface area (Å²) in [6.45, 7) is 2.00. The zero-order valence-corrected chi connectivity index (χ0v) is 18.0. The van der Waals surface area contributed by atoms with Crippen LogP contribution in [0.3, 0.4) is 0 Å². The van der Waals surface area contributed by atoms with E-state index in [1.165, 1.54) is 29.8 Å². The van der Waals surface area contributed by atoms with E-state index in [0.717, 1.165) is 18.2 Å². The standard InChI is InChI=1S/C24H20F5N3O2/c1-12(33)31-7-6-20-18(11-31)22(13-2-4-14(5-3-13)24(27,28)29)30-32(20)23-17-8-15(25)9-19(26)16(17)10-21(23)34/h2-5,8-9,21,23,34H,6-7,10-11H2,1H3/t21-,23+/m0/s1. The number of carbonyl (C=O) groups is 1. The highest BCUT2D eigenvalue weighted by Crippen LogP contribution is 2.41. The largest absolute Gasteiger partial charge is 0.416 e. The Bertz CT molecular complexity index is 1280. The van der Waals surface area contributed by atoms with Crippen LogP contribution in [-0.4, -0.2) is 38.3 Å². The number of nitrogens with zero attached hydrogens (tertiary/aromatic N) is 3. The van der Waals surface area contributed by atoms with Crippen molar-refractivity contribution in [1.29, 1.82) is 0 Å². The van der Waals surface area contributed by atoms with E-state index in [1.807, 2.05) is 0 Å². The highest BCUT2D eigenvalue weighted by Gasteiger charge is 2.39. The molecule has 1 aliphatic heterocycles. The number of alkyl halides is 3. The lowest BCUT2D eigenvalue weighted by Crippen LogP contribution is -2.35. The lowest BCUT2D eigenvalue weighted by atomic mass is 9.99. The van der Waals surface area contributed by atoms with E-state index in [4.69, 9.17) is 0 Å². The van der Waals surface area contributed by atoms with Gasteiger partial charge in [-0.2, -0.15) is 18.3 Å². The van der Waals surface area contributed by atoms with Crippen molar-refractivity contribution in [2.24, 2.45) is 0 Å². The Hall–Kier alpha value is -3.27. The molecular formula is C24H20F5N3O2. The number of hydrogen-bond donors (Lipinski definition) is 1. The summed E-state index contributed by atoms with van der Waals surface area (Å²) in [5.41, 5.74) is 1.77. The number of aliphatic hydroxyl groups excluding tert-OH is 1. The number of amides is 1. The molecule has 5 nitrogen and oxygen atoms in total. The van der Waals surface area contributed by atoms with Crippen molar-refractivity contribution in [3.63, 3.8) is 0 Å². The predicted octanol–water partition coefficient (Wildman–Crippen LogP) is 4.26. The zero-order chi connectivity index (χ0) is 24.4. The van der Waals surface area contributed by atoms with Gasteiger partial charge in [-0.15, -0.1) is 0 Å². The van der Waals surface area contributed by atoms with E-state index < -0.39 is 35.5 Å². The molecule has 2 aromatic carbocycles. The fourth-order valence-electron chi connectivity index (χ4n) is 4.92. The van der Waals surface area contributed by atoms with E-state index in [2.05, 4.69) is 5.10 Å². The molecule has 2 atom stereocenters. The van der Waals surface area contributed by atoms with Crippen LogP contribution in [0.4, 0.5) is 22.0 Å². The number of halogens is 5. The van der Waals surface area contributed by atoms with Crippen molar-refractivity contribution < 1.29 is 31.9 Å². The average molecular weight is 477 g/mol. The van der Waals surface area contributed by atoms with Gasteiger partial charge >= 0.3 is 6.18 Å². The molecule has 0 saturated heterocycles. The van der Waals surface area contributed by atoms with Gasteiger partial charge in [0.05, 0.1) is 17.4 Å². The number of carbonyl (C=O) groups excluding carboxylic acids is 1. The van der Waals surface area contributed by atoms with Gasteiger partial charge in [-0.3, -0.25) is 9.48 Å². The summed E-state index contributed by atoms with van der Waals surface area (Å²) in [5.74, 6) is -1.68. The molecule has 3 aromatic rings. The Morgan fingerprint density at radius 3 is 2.47 bits per heavy atom. The van der Waals surface area contributed by atoms with Crippen molar-refractivity contribution in [3.05, 3.63) is 76.0 Å². The van der Waals surface area contributed by atoms with Crippen molar-refractivity contribution in [2.45, 2.75) is 44.6 Å². The molecular weight excluding hydrogens is 457 g/mol. The zero-order valence-electron chi connectivity index (χ0n) is 18.0. The van der Waals surface area contributed by atoms with Gasteiger partial charge in [0, 0.05) is 55.7 Å². The van der Waals surface area contributed by atoms with Gasteiger partial charge in [-0.1, -0.05) is 12.1 Å². The molecule has 1 aliphatic carbocycles. The molecule has 0 unspecified atom stereocenters. The number of fused-ring (bicyclic) bond motifs is 2. The quantitative estimate of drug-likeness (QED) is 0.562. The Morgan fingerprint density at radius 2 is 1.82 bits per heavy atom. The van der Waals surface area contributed by atoms with Crippen molar-refractivity contribution >= 4 is 5.91 Å². The van der Waals surface area contributed by atoms with E-state index in [9.17, 15) is 31.9 Å². The molecule has 178 valence electrons. The smallest absolute Gasteiger partial charge is 0.390 e. The van der Waals surface area contributed by atoms with E-state index in [1.54, 1.807) is 4.90 Å². The topological polar surface area (TPSA) is 58.4 Å². The van der Waals surface area contributed by atoms with Crippen LogP contribution in [0.25, 0.3) is 11.3 Å². The Morgan fingerprint density at radius 1 is 1.12 bits per heavy atom. The fraction of sp³-hybridized carbons (Fsp3) is 0.333. The molecule has 0 spiro atoms. The molecule has 5 rings (SSSR count). The highest BCUT2D eigenvalue weighted by atomic mass is 19.4. The highest BCUT2D eigenvalue weighted by molar-refractivity contribution is 5.74. The normalized spacial score (nSPS) is 19.8. The van der Waals surface area contributed by atoms with Crippen LogP contribution in [0.5, 0.6) is 0 Å². The number of hydrogen-bond acceptors (Lipinski definition) is 3. The van der Waals surface area contributed by atoms with E-state index in [0.29, 0.717) is 35.5 Å². The fourth-order valence-corrected chi connectivity index (χ4v) is 4.92. The van der Waals surface area contributed by atoms with Crippen LogP contribution in [0, 0.1) is 11.6 Å². The lowest BCUT2D eigenvalue weighted by Gasteiger charge is -2.28. The number of aromatic nitrogens is 2. The first-order chi connectivity index (χ1) is 16.0. The SMILES string of the molecule is CC(=O)N1CCc2c(c(-c3ccc(C(F)(F)F)cc3)nn2[C@@H]2c3cc(F)cc(F)c3C[C@@H]2O)C1. The van der Waals surface area contributed by atoms with Crippen molar-refractivity contribution in [3.8, 4) is 11.3 Å². The monoisotopic (exact) mass is 477 g/mol. The Kier molecular flexibility index (Phi) is 5.23. The molecule has 0 saturated carbocycles. The summed E-state index contributed by atoms with van der Waals surface area (Å²) in [7, 11) is 0. The third-order valence-electron chi connectivity index (χ3n) is 6.57. The number of benzene rings is 2. The predicted molar refractivity (Wildman–Crippen MR) is 112 cm³/mol. The molecule has 34 heavy (non-hydrogen) atoms. The maximum Gasteiger partial charge on any atom is 0.416 e. The summed E-state index contributed by atoms with van der Waals surface area (Å²) in [6, 6.07) is 5.61. The molecule has 0 radical (unpaired) electrons. The molecule has 2 aliphatic rings. The first-order valence-corrected chi connectivity index (χ1v) is 10.7. The van der Waals surface area contributed by atoms with Crippen molar-refractivity contribution in [1.82, 2.24) is 14.7 Å². The number of aliphatic hydroxyl groups is 1. The van der Waals surface area contributed by atoms with Crippen LogP contribution in [0.2, 0.25) is 0 Å². The molecule has 1 aromatic heterocycles. The Balaban J connectivity index is 1.66. The molecule has 1 N–H and O–H groups in total.